The Bertz CT molecular complexity index is 805. The lowest BCUT2D eigenvalue weighted by atomic mass is 10.0. The molecule has 0 saturated carbocycles. The number of piperidine rings is 1. The van der Waals surface area contributed by atoms with E-state index >= 15 is 0 Å². The van der Waals surface area contributed by atoms with Gasteiger partial charge in [-0.1, -0.05) is 26.0 Å². The van der Waals surface area contributed by atoms with Gasteiger partial charge in [0.25, 0.3) is 5.91 Å². The molecule has 1 N–H and O–H groups in total. The number of amides is 1. The summed E-state index contributed by atoms with van der Waals surface area (Å²) in [6, 6.07) is 10.4. The van der Waals surface area contributed by atoms with Crippen molar-refractivity contribution in [3.05, 3.63) is 65.2 Å². The lowest BCUT2D eigenvalue weighted by molar-refractivity contribution is -0.0199. The van der Waals surface area contributed by atoms with Gasteiger partial charge in [0.05, 0.1) is 6.54 Å². The predicted octanol–water partition coefficient (Wildman–Crippen LogP) is 3.74. The minimum Gasteiger partial charge on any atom is -0.488 e. The number of aliphatic hydroxyl groups excluding tert-OH is 1. The summed E-state index contributed by atoms with van der Waals surface area (Å²) in [6.07, 6.45) is -0.902. The van der Waals surface area contributed by atoms with Crippen molar-refractivity contribution in [3.8, 4) is 5.75 Å². The monoisotopic (exact) mass is 375 g/mol. The lowest BCUT2D eigenvalue weighted by Gasteiger charge is -2.36. The Morgan fingerprint density at radius 2 is 1.89 bits per heavy atom. The van der Waals surface area contributed by atoms with Gasteiger partial charge in [0.15, 0.2) is 0 Å². The van der Waals surface area contributed by atoms with Crippen molar-refractivity contribution >= 4 is 5.91 Å². The number of halogens is 2. The third-order valence-corrected chi connectivity index (χ3v) is 4.73. The lowest BCUT2D eigenvalue weighted by Crippen LogP contribution is -2.51. The highest BCUT2D eigenvalue weighted by atomic mass is 19.1. The van der Waals surface area contributed by atoms with E-state index in [2.05, 4.69) is 13.8 Å². The van der Waals surface area contributed by atoms with E-state index < -0.39 is 29.7 Å². The first kappa shape index (κ1) is 19.3. The number of rotatable bonds is 4. The maximum absolute atomic E-state index is 13.3. The van der Waals surface area contributed by atoms with Crippen molar-refractivity contribution in [2.45, 2.75) is 38.4 Å². The average Bonchev–Trinajstić information content (AvgIpc) is 2.62. The van der Waals surface area contributed by atoms with E-state index in [0.29, 0.717) is 24.6 Å². The van der Waals surface area contributed by atoms with Crippen molar-refractivity contribution < 1.29 is 23.4 Å². The number of likely N-dealkylation sites (tertiary alicyclic amines) is 1. The Hall–Kier alpha value is -2.47. The smallest absolute Gasteiger partial charge is 0.254 e. The molecule has 1 aliphatic rings. The number of aliphatic hydroxyl groups is 1. The number of hydrogen-bond donors (Lipinski definition) is 1. The Balaban J connectivity index is 1.65. The van der Waals surface area contributed by atoms with Gasteiger partial charge in [0.2, 0.25) is 0 Å². The molecule has 0 bridgehead atoms. The van der Waals surface area contributed by atoms with E-state index in [9.17, 15) is 18.7 Å². The molecule has 0 aromatic heterocycles. The van der Waals surface area contributed by atoms with Crippen LogP contribution in [-0.2, 0) is 0 Å². The quantitative estimate of drug-likeness (QED) is 0.886. The van der Waals surface area contributed by atoms with Gasteiger partial charge in [-0.2, -0.15) is 0 Å². The molecule has 6 heteroatoms. The largest absolute Gasteiger partial charge is 0.488 e. The van der Waals surface area contributed by atoms with Crippen molar-refractivity contribution in [2.75, 3.05) is 13.1 Å². The summed E-state index contributed by atoms with van der Waals surface area (Å²) in [5.74, 6) is -1.07. The van der Waals surface area contributed by atoms with Crippen molar-refractivity contribution in [3.63, 3.8) is 0 Å². The van der Waals surface area contributed by atoms with Crippen LogP contribution in [-0.4, -0.2) is 41.2 Å². The second kappa shape index (κ2) is 8.05. The molecule has 144 valence electrons. The van der Waals surface area contributed by atoms with Crippen LogP contribution in [0.2, 0.25) is 0 Å². The topological polar surface area (TPSA) is 49.8 Å². The van der Waals surface area contributed by atoms with Crippen LogP contribution in [0.5, 0.6) is 5.75 Å². The molecular formula is C21H23F2NO3. The summed E-state index contributed by atoms with van der Waals surface area (Å²) in [7, 11) is 0. The van der Waals surface area contributed by atoms with Crippen LogP contribution in [0, 0.1) is 11.6 Å². The second-order valence-electron chi connectivity index (χ2n) is 7.15. The van der Waals surface area contributed by atoms with Crippen LogP contribution >= 0.6 is 0 Å². The molecule has 0 aliphatic carbocycles. The number of hydrogen-bond acceptors (Lipinski definition) is 3. The van der Waals surface area contributed by atoms with Gasteiger partial charge in [-0.15, -0.1) is 0 Å². The molecule has 1 amide bonds. The minimum atomic E-state index is -0.885. The molecule has 0 radical (unpaired) electrons. The highest BCUT2D eigenvalue weighted by molar-refractivity contribution is 5.94. The van der Waals surface area contributed by atoms with Crippen LogP contribution in [0.1, 0.15) is 42.1 Å². The van der Waals surface area contributed by atoms with Crippen LogP contribution in [0.25, 0.3) is 0 Å². The molecule has 2 atom stereocenters. The Labute approximate surface area is 157 Å². The minimum absolute atomic E-state index is 0.0471. The van der Waals surface area contributed by atoms with Crippen molar-refractivity contribution in [1.82, 2.24) is 4.90 Å². The molecule has 1 fully saturated rings. The van der Waals surface area contributed by atoms with Gasteiger partial charge in [-0.3, -0.25) is 4.79 Å². The van der Waals surface area contributed by atoms with E-state index in [0.717, 1.165) is 23.8 Å². The van der Waals surface area contributed by atoms with E-state index in [1.807, 2.05) is 24.3 Å². The maximum Gasteiger partial charge on any atom is 0.254 e. The third-order valence-electron chi connectivity index (χ3n) is 4.73. The maximum atomic E-state index is 13.3. The van der Waals surface area contributed by atoms with Crippen LogP contribution in [0.4, 0.5) is 8.78 Å². The van der Waals surface area contributed by atoms with Crippen LogP contribution in [0.15, 0.2) is 42.5 Å². The Kier molecular flexibility index (Phi) is 5.75. The average molecular weight is 375 g/mol. The SMILES string of the molecule is CC(C)c1cccc(O[C@@H]2CCN(C(=O)c3cc(F)cc(F)c3)C[C@H]2O)c1. The molecule has 27 heavy (non-hydrogen) atoms. The predicted molar refractivity (Wildman–Crippen MR) is 97.8 cm³/mol. The van der Waals surface area contributed by atoms with Crippen LogP contribution in [0.3, 0.4) is 0 Å². The molecular weight excluding hydrogens is 352 g/mol. The fraction of sp³-hybridized carbons (Fsp3) is 0.381. The molecule has 2 aromatic carbocycles. The van der Waals surface area contributed by atoms with E-state index in [4.69, 9.17) is 4.74 Å². The van der Waals surface area contributed by atoms with E-state index in [1.54, 1.807) is 0 Å². The van der Waals surface area contributed by atoms with Gasteiger partial charge >= 0.3 is 0 Å². The summed E-state index contributed by atoms with van der Waals surface area (Å²) < 4.78 is 32.6. The Morgan fingerprint density at radius 1 is 1.19 bits per heavy atom. The van der Waals surface area contributed by atoms with E-state index in [-0.39, 0.29) is 12.1 Å². The molecule has 1 aliphatic heterocycles. The molecule has 0 unspecified atom stereocenters. The van der Waals surface area contributed by atoms with Gasteiger partial charge in [0.1, 0.15) is 29.6 Å². The van der Waals surface area contributed by atoms with Gasteiger partial charge < -0.3 is 14.7 Å². The highest BCUT2D eigenvalue weighted by Crippen LogP contribution is 2.24. The molecule has 3 rings (SSSR count). The molecule has 0 spiro atoms. The van der Waals surface area contributed by atoms with Gasteiger partial charge in [-0.05, 0) is 35.7 Å². The zero-order chi connectivity index (χ0) is 19.6. The number of β-amino-alcohol motifs (C(OH)–C–C–N with tert-alkyl or cyclic N) is 1. The van der Waals surface area contributed by atoms with Crippen LogP contribution < -0.4 is 4.74 Å². The second-order valence-corrected chi connectivity index (χ2v) is 7.15. The van der Waals surface area contributed by atoms with Crippen molar-refractivity contribution in [2.24, 2.45) is 0 Å². The van der Waals surface area contributed by atoms with Gasteiger partial charge in [-0.25, -0.2) is 8.78 Å². The molecule has 1 saturated heterocycles. The zero-order valence-electron chi connectivity index (χ0n) is 15.4. The zero-order valence-corrected chi connectivity index (χ0v) is 15.4. The first-order valence-electron chi connectivity index (χ1n) is 9.03. The summed E-state index contributed by atoms with van der Waals surface area (Å²) in [5.41, 5.74) is 1.08. The summed E-state index contributed by atoms with van der Waals surface area (Å²) >= 11 is 0. The Morgan fingerprint density at radius 3 is 2.52 bits per heavy atom. The van der Waals surface area contributed by atoms with E-state index in [1.165, 1.54) is 4.90 Å². The normalized spacial score (nSPS) is 20.0. The molecule has 2 aromatic rings. The fourth-order valence-corrected chi connectivity index (χ4v) is 3.21. The number of carbonyl (C=O) groups excluding carboxylic acids is 1. The first-order chi connectivity index (χ1) is 12.8. The van der Waals surface area contributed by atoms with Gasteiger partial charge in [0, 0.05) is 24.6 Å². The summed E-state index contributed by atoms with van der Waals surface area (Å²) in [4.78, 5) is 13.9. The molecule has 4 nitrogen and oxygen atoms in total. The summed E-state index contributed by atoms with van der Waals surface area (Å²) in [6.45, 7) is 4.56. The highest BCUT2D eigenvalue weighted by Gasteiger charge is 2.32. The number of ether oxygens (including phenoxy) is 1. The number of nitrogens with zero attached hydrogens (tertiary/aromatic N) is 1. The summed E-state index contributed by atoms with van der Waals surface area (Å²) in [5, 5.41) is 10.4. The fourth-order valence-electron chi connectivity index (χ4n) is 3.21. The number of carbonyl (C=O) groups is 1. The third kappa shape index (κ3) is 4.63. The molecule has 1 heterocycles. The first-order valence-corrected chi connectivity index (χ1v) is 9.03. The van der Waals surface area contributed by atoms with Crippen molar-refractivity contribution in [1.29, 1.82) is 0 Å². The standard InChI is InChI=1S/C21H23F2NO3/c1-13(2)14-4-3-5-18(10-14)27-20-6-7-24(12-19(20)25)21(26)15-8-16(22)11-17(23)9-15/h3-5,8-11,13,19-20,25H,6-7,12H2,1-2H3/t19-,20-/m1/s1. The number of benzene rings is 2.